The molecule has 1 amide bonds. The molecule has 5 nitrogen and oxygen atoms in total. The van der Waals surface area contributed by atoms with Gasteiger partial charge in [0, 0.05) is 19.4 Å². The lowest BCUT2D eigenvalue weighted by Crippen LogP contribution is -2.48. The standard InChI is InChI=1S/C21H23NO4/c1-14(17-9-5-6-10-19(17)26-2)11-20(23)22-13-16-8-4-3-7-15(16)12-18(22)21(24)25/h3-10,14,18H,11-13H2,1-2H3,(H,24,25)/t14-,18-/m0/s1. The van der Waals surface area contributed by atoms with Crippen molar-refractivity contribution in [2.45, 2.75) is 38.3 Å². The Balaban J connectivity index is 1.80. The Kier molecular flexibility index (Phi) is 5.26. The highest BCUT2D eigenvalue weighted by molar-refractivity contribution is 5.85. The van der Waals surface area contributed by atoms with Crippen LogP contribution in [0.4, 0.5) is 0 Å². The lowest BCUT2D eigenvalue weighted by molar-refractivity contribution is -0.151. The predicted molar refractivity (Wildman–Crippen MR) is 98.1 cm³/mol. The van der Waals surface area contributed by atoms with Crippen LogP contribution in [0.1, 0.15) is 36.0 Å². The van der Waals surface area contributed by atoms with E-state index in [-0.39, 0.29) is 18.2 Å². The van der Waals surface area contributed by atoms with E-state index in [1.54, 1.807) is 7.11 Å². The maximum Gasteiger partial charge on any atom is 0.326 e. The zero-order chi connectivity index (χ0) is 18.7. The van der Waals surface area contributed by atoms with Crippen molar-refractivity contribution in [1.29, 1.82) is 0 Å². The Morgan fingerprint density at radius 1 is 1.15 bits per heavy atom. The van der Waals surface area contributed by atoms with Gasteiger partial charge in [-0.2, -0.15) is 0 Å². The topological polar surface area (TPSA) is 66.8 Å². The Labute approximate surface area is 153 Å². The maximum atomic E-state index is 12.9. The van der Waals surface area contributed by atoms with Crippen molar-refractivity contribution in [3.05, 3.63) is 65.2 Å². The molecule has 2 atom stereocenters. The number of amides is 1. The van der Waals surface area contributed by atoms with Crippen molar-refractivity contribution < 1.29 is 19.4 Å². The molecule has 1 heterocycles. The Morgan fingerprint density at radius 2 is 1.81 bits per heavy atom. The zero-order valence-corrected chi connectivity index (χ0v) is 15.0. The van der Waals surface area contributed by atoms with Crippen molar-refractivity contribution >= 4 is 11.9 Å². The monoisotopic (exact) mass is 353 g/mol. The Morgan fingerprint density at radius 3 is 2.50 bits per heavy atom. The quantitative estimate of drug-likeness (QED) is 0.896. The number of hydrogen-bond donors (Lipinski definition) is 1. The zero-order valence-electron chi connectivity index (χ0n) is 15.0. The highest BCUT2D eigenvalue weighted by Gasteiger charge is 2.35. The van der Waals surface area contributed by atoms with Gasteiger partial charge in [-0.3, -0.25) is 4.79 Å². The molecule has 0 unspecified atom stereocenters. The van der Waals surface area contributed by atoms with Crippen LogP contribution in [0.2, 0.25) is 0 Å². The van der Waals surface area contributed by atoms with Gasteiger partial charge in [0.25, 0.3) is 0 Å². The summed E-state index contributed by atoms with van der Waals surface area (Å²) in [5.41, 5.74) is 2.97. The van der Waals surface area contributed by atoms with Crippen LogP contribution in [0.3, 0.4) is 0 Å². The van der Waals surface area contributed by atoms with Gasteiger partial charge in [0.2, 0.25) is 5.91 Å². The molecular weight excluding hydrogens is 330 g/mol. The fourth-order valence-corrected chi connectivity index (χ4v) is 3.57. The third-order valence-electron chi connectivity index (χ3n) is 5.00. The highest BCUT2D eigenvalue weighted by atomic mass is 16.5. The largest absolute Gasteiger partial charge is 0.496 e. The van der Waals surface area contributed by atoms with E-state index in [4.69, 9.17) is 4.74 Å². The molecule has 2 aromatic rings. The summed E-state index contributed by atoms with van der Waals surface area (Å²) >= 11 is 0. The second-order valence-electron chi connectivity index (χ2n) is 6.70. The minimum atomic E-state index is -0.960. The van der Waals surface area contributed by atoms with Crippen molar-refractivity contribution in [2.75, 3.05) is 7.11 Å². The lowest BCUT2D eigenvalue weighted by Gasteiger charge is -2.35. The Hall–Kier alpha value is -2.82. The Bertz CT molecular complexity index is 817. The molecule has 1 aliphatic heterocycles. The van der Waals surface area contributed by atoms with E-state index in [1.807, 2.05) is 55.5 Å². The van der Waals surface area contributed by atoms with E-state index in [2.05, 4.69) is 0 Å². The normalized spacial score (nSPS) is 17.3. The SMILES string of the molecule is COc1ccccc1[C@@H](C)CC(=O)N1Cc2ccccc2C[C@H]1C(=O)O. The summed E-state index contributed by atoms with van der Waals surface area (Å²) in [6.45, 7) is 2.30. The molecule has 3 rings (SSSR count). The fraction of sp³-hybridized carbons (Fsp3) is 0.333. The number of hydrogen-bond acceptors (Lipinski definition) is 3. The lowest BCUT2D eigenvalue weighted by atomic mass is 9.91. The van der Waals surface area contributed by atoms with Crippen LogP contribution in [0.5, 0.6) is 5.75 Å². The molecule has 0 radical (unpaired) electrons. The predicted octanol–water partition coefficient (Wildman–Crippen LogP) is 3.23. The number of carbonyl (C=O) groups excluding carboxylic acids is 1. The summed E-state index contributed by atoms with van der Waals surface area (Å²) in [6.07, 6.45) is 0.590. The molecular formula is C21H23NO4. The highest BCUT2D eigenvalue weighted by Crippen LogP contribution is 2.31. The van der Waals surface area contributed by atoms with Gasteiger partial charge in [-0.25, -0.2) is 4.79 Å². The number of carboxylic acids is 1. The molecule has 0 aromatic heterocycles. The van der Waals surface area contributed by atoms with Crippen molar-refractivity contribution in [2.24, 2.45) is 0 Å². The third kappa shape index (κ3) is 3.57. The van der Waals surface area contributed by atoms with E-state index in [9.17, 15) is 14.7 Å². The van der Waals surface area contributed by atoms with E-state index in [0.717, 1.165) is 22.4 Å². The fourth-order valence-electron chi connectivity index (χ4n) is 3.57. The number of carboxylic acid groups (broad SMARTS) is 1. The summed E-state index contributed by atoms with van der Waals surface area (Å²) < 4.78 is 5.38. The van der Waals surface area contributed by atoms with Gasteiger partial charge in [-0.05, 0) is 28.7 Å². The summed E-state index contributed by atoms with van der Waals surface area (Å²) in [6, 6.07) is 14.5. The van der Waals surface area contributed by atoms with Gasteiger partial charge in [-0.1, -0.05) is 49.4 Å². The molecule has 26 heavy (non-hydrogen) atoms. The molecule has 2 aromatic carbocycles. The molecule has 1 aliphatic rings. The molecule has 0 spiro atoms. The van der Waals surface area contributed by atoms with Gasteiger partial charge in [0.05, 0.1) is 7.11 Å². The number of ether oxygens (including phenoxy) is 1. The first kappa shape index (κ1) is 18.0. The van der Waals surface area contributed by atoms with Crippen LogP contribution in [-0.4, -0.2) is 35.0 Å². The van der Waals surface area contributed by atoms with Gasteiger partial charge in [0.15, 0.2) is 0 Å². The first-order chi connectivity index (χ1) is 12.5. The molecule has 0 saturated carbocycles. The van der Waals surface area contributed by atoms with Crippen LogP contribution in [0, 0.1) is 0 Å². The number of para-hydroxylation sites is 1. The third-order valence-corrected chi connectivity index (χ3v) is 5.00. The molecule has 0 fully saturated rings. The van der Waals surface area contributed by atoms with E-state index >= 15 is 0 Å². The second-order valence-corrected chi connectivity index (χ2v) is 6.70. The minimum absolute atomic E-state index is 0.0646. The molecule has 0 saturated heterocycles. The van der Waals surface area contributed by atoms with Crippen LogP contribution >= 0.6 is 0 Å². The molecule has 1 N–H and O–H groups in total. The average Bonchev–Trinajstić information content (AvgIpc) is 2.66. The van der Waals surface area contributed by atoms with Gasteiger partial charge < -0.3 is 14.7 Å². The van der Waals surface area contributed by atoms with E-state index in [0.29, 0.717) is 13.0 Å². The number of methoxy groups -OCH3 is 1. The van der Waals surface area contributed by atoms with Crippen LogP contribution in [0.25, 0.3) is 0 Å². The number of fused-ring (bicyclic) bond motifs is 1. The van der Waals surface area contributed by atoms with Crippen LogP contribution in [0.15, 0.2) is 48.5 Å². The first-order valence-corrected chi connectivity index (χ1v) is 8.73. The molecule has 0 aliphatic carbocycles. The minimum Gasteiger partial charge on any atom is -0.496 e. The number of aliphatic carboxylic acids is 1. The van der Waals surface area contributed by atoms with E-state index < -0.39 is 12.0 Å². The second kappa shape index (κ2) is 7.60. The van der Waals surface area contributed by atoms with Gasteiger partial charge in [-0.15, -0.1) is 0 Å². The molecule has 5 heteroatoms. The maximum absolute atomic E-state index is 12.9. The van der Waals surface area contributed by atoms with Crippen LogP contribution in [-0.2, 0) is 22.6 Å². The smallest absolute Gasteiger partial charge is 0.326 e. The van der Waals surface area contributed by atoms with Crippen molar-refractivity contribution in [3.8, 4) is 5.75 Å². The number of carbonyl (C=O) groups is 2. The summed E-state index contributed by atoms with van der Waals surface area (Å²) in [5, 5.41) is 9.60. The molecule has 136 valence electrons. The molecule has 0 bridgehead atoms. The summed E-state index contributed by atoms with van der Waals surface area (Å²) in [4.78, 5) is 26.1. The van der Waals surface area contributed by atoms with Crippen LogP contribution < -0.4 is 4.74 Å². The summed E-state index contributed by atoms with van der Waals surface area (Å²) in [5.74, 6) is -0.431. The van der Waals surface area contributed by atoms with E-state index in [1.165, 1.54) is 4.90 Å². The number of nitrogens with zero attached hydrogens (tertiary/aromatic N) is 1. The van der Waals surface area contributed by atoms with Gasteiger partial charge in [0.1, 0.15) is 11.8 Å². The first-order valence-electron chi connectivity index (χ1n) is 8.73. The number of rotatable bonds is 5. The van der Waals surface area contributed by atoms with Crippen molar-refractivity contribution in [3.63, 3.8) is 0 Å². The summed E-state index contributed by atoms with van der Waals surface area (Å²) in [7, 11) is 1.61. The number of benzene rings is 2. The average molecular weight is 353 g/mol. The van der Waals surface area contributed by atoms with Crippen molar-refractivity contribution in [1.82, 2.24) is 4.90 Å². The van der Waals surface area contributed by atoms with Gasteiger partial charge >= 0.3 is 5.97 Å².